The minimum absolute atomic E-state index is 0.595. The standard InChI is InChI=1S/C14H20N2O2/c1-10-7-13-14(18-6-5-17-13)8-12(10)16-9-11-3-2-4-15-11/h7-8,11,15-16H,2-6,9H2,1H3. The molecule has 1 unspecified atom stereocenters. The van der Waals surface area contributed by atoms with E-state index in [1.54, 1.807) is 0 Å². The second-order valence-corrected chi connectivity index (χ2v) is 4.98. The molecule has 18 heavy (non-hydrogen) atoms. The molecule has 0 radical (unpaired) electrons. The van der Waals surface area contributed by atoms with Crippen LogP contribution in [0.4, 0.5) is 5.69 Å². The molecule has 0 bridgehead atoms. The first-order valence-electron chi connectivity index (χ1n) is 6.70. The zero-order valence-electron chi connectivity index (χ0n) is 10.8. The van der Waals surface area contributed by atoms with Crippen molar-refractivity contribution in [1.82, 2.24) is 5.32 Å². The number of aryl methyl sites for hydroxylation is 1. The Morgan fingerprint density at radius 1 is 1.28 bits per heavy atom. The van der Waals surface area contributed by atoms with Gasteiger partial charge in [-0.25, -0.2) is 0 Å². The molecule has 98 valence electrons. The first-order chi connectivity index (χ1) is 8.83. The Morgan fingerprint density at radius 2 is 2.06 bits per heavy atom. The van der Waals surface area contributed by atoms with E-state index in [1.165, 1.54) is 18.4 Å². The van der Waals surface area contributed by atoms with Crippen molar-refractivity contribution in [1.29, 1.82) is 0 Å². The summed E-state index contributed by atoms with van der Waals surface area (Å²) in [5.74, 6) is 1.72. The minimum Gasteiger partial charge on any atom is -0.486 e. The van der Waals surface area contributed by atoms with Crippen LogP contribution in [0.25, 0.3) is 0 Å². The molecule has 0 aliphatic carbocycles. The summed E-state index contributed by atoms with van der Waals surface area (Å²) >= 11 is 0. The lowest BCUT2D eigenvalue weighted by Gasteiger charge is -2.21. The van der Waals surface area contributed by atoms with Gasteiger partial charge in [0, 0.05) is 24.3 Å². The van der Waals surface area contributed by atoms with Crippen molar-refractivity contribution in [2.75, 3.05) is 31.6 Å². The lowest BCUT2D eigenvalue weighted by molar-refractivity contribution is 0.171. The van der Waals surface area contributed by atoms with E-state index in [2.05, 4.69) is 29.7 Å². The number of rotatable bonds is 3. The summed E-state index contributed by atoms with van der Waals surface area (Å²) in [6, 6.07) is 4.70. The van der Waals surface area contributed by atoms with Crippen molar-refractivity contribution >= 4 is 5.69 Å². The van der Waals surface area contributed by atoms with Gasteiger partial charge in [-0.15, -0.1) is 0 Å². The van der Waals surface area contributed by atoms with Crippen molar-refractivity contribution in [3.63, 3.8) is 0 Å². The molecule has 4 nitrogen and oxygen atoms in total. The van der Waals surface area contributed by atoms with Gasteiger partial charge in [0.25, 0.3) is 0 Å². The van der Waals surface area contributed by atoms with Crippen LogP contribution in [0.15, 0.2) is 12.1 Å². The largest absolute Gasteiger partial charge is 0.486 e. The topological polar surface area (TPSA) is 42.5 Å². The molecule has 0 amide bonds. The van der Waals surface area contributed by atoms with Gasteiger partial charge in [-0.3, -0.25) is 0 Å². The molecule has 2 aliphatic heterocycles. The van der Waals surface area contributed by atoms with Crippen LogP contribution in [0, 0.1) is 6.92 Å². The summed E-state index contributed by atoms with van der Waals surface area (Å²) < 4.78 is 11.2. The van der Waals surface area contributed by atoms with Gasteiger partial charge in [0.1, 0.15) is 13.2 Å². The third-order valence-electron chi connectivity index (χ3n) is 3.59. The molecule has 1 atom stereocenters. The number of hydrogen-bond acceptors (Lipinski definition) is 4. The Bertz CT molecular complexity index is 428. The van der Waals surface area contributed by atoms with Crippen LogP contribution in [-0.2, 0) is 0 Å². The number of fused-ring (bicyclic) bond motifs is 1. The predicted molar refractivity (Wildman–Crippen MR) is 71.7 cm³/mol. The van der Waals surface area contributed by atoms with Crippen LogP contribution < -0.4 is 20.1 Å². The van der Waals surface area contributed by atoms with Crippen LogP contribution in [0.1, 0.15) is 18.4 Å². The quantitative estimate of drug-likeness (QED) is 0.857. The monoisotopic (exact) mass is 248 g/mol. The molecule has 2 aliphatic rings. The van der Waals surface area contributed by atoms with Crippen LogP contribution in [0.3, 0.4) is 0 Å². The van der Waals surface area contributed by atoms with Crippen LogP contribution >= 0.6 is 0 Å². The lowest BCUT2D eigenvalue weighted by Crippen LogP contribution is -2.29. The Morgan fingerprint density at radius 3 is 2.78 bits per heavy atom. The molecule has 4 heteroatoms. The van der Waals surface area contributed by atoms with Crippen LogP contribution in [0.5, 0.6) is 11.5 Å². The summed E-state index contributed by atoms with van der Waals surface area (Å²) in [4.78, 5) is 0. The van der Waals surface area contributed by atoms with Crippen LogP contribution in [-0.4, -0.2) is 32.3 Å². The smallest absolute Gasteiger partial charge is 0.163 e. The number of ether oxygens (including phenoxy) is 2. The molecule has 0 saturated carbocycles. The summed E-state index contributed by atoms with van der Waals surface area (Å²) in [5, 5.41) is 7.00. The Balaban J connectivity index is 1.70. The van der Waals surface area contributed by atoms with Crippen molar-refractivity contribution < 1.29 is 9.47 Å². The first-order valence-corrected chi connectivity index (χ1v) is 6.70. The lowest BCUT2D eigenvalue weighted by atomic mass is 10.1. The van der Waals surface area contributed by atoms with E-state index in [-0.39, 0.29) is 0 Å². The van der Waals surface area contributed by atoms with E-state index in [0.29, 0.717) is 19.3 Å². The summed E-state index contributed by atoms with van der Waals surface area (Å²) in [7, 11) is 0. The fourth-order valence-corrected chi connectivity index (χ4v) is 2.54. The number of nitrogens with one attached hydrogen (secondary N) is 2. The second kappa shape index (κ2) is 5.06. The van der Waals surface area contributed by atoms with E-state index in [1.807, 2.05) is 0 Å². The molecule has 1 fully saturated rings. The van der Waals surface area contributed by atoms with Gasteiger partial charge in [-0.2, -0.15) is 0 Å². The normalized spacial score (nSPS) is 21.9. The van der Waals surface area contributed by atoms with E-state index in [9.17, 15) is 0 Å². The van der Waals surface area contributed by atoms with Crippen molar-refractivity contribution in [2.45, 2.75) is 25.8 Å². The van der Waals surface area contributed by atoms with Gasteiger partial charge >= 0.3 is 0 Å². The molecule has 1 aromatic rings. The Labute approximate surface area is 108 Å². The van der Waals surface area contributed by atoms with Crippen molar-refractivity contribution in [2.24, 2.45) is 0 Å². The van der Waals surface area contributed by atoms with E-state index in [4.69, 9.17) is 9.47 Å². The van der Waals surface area contributed by atoms with E-state index >= 15 is 0 Å². The van der Waals surface area contributed by atoms with Crippen molar-refractivity contribution in [3.8, 4) is 11.5 Å². The van der Waals surface area contributed by atoms with Gasteiger partial charge in [-0.05, 0) is 37.9 Å². The van der Waals surface area contributed by atoms with Gasteiger partial charge in [-0.1, -0.05) is 0 Å². The van der Waals surface area contributed by atoms with Crippen LogP contribution in [0.2, 0.25) is 0 Å². The second-order valence-electron chi connectivity index (χ2n) is 4.98. The number of benzene rings is 1. The average molecular weight is 248 g/mol. The summed E-state index contributed by atoms with van der Waals surface area (Å²) in [6.07, 6.45) is 2.54. The molecule has 0 aromatic heterocycles. The van der Waals surface area contributed by atoms with Gasteiger partial charge in [0.05, 0.1) is 0 Å². The highest BCUT2D eigenvalue weighted by Gasteiger charge is 2.16. The van der Waals surface area contributed by atoms with E-state index in [0.717, 1.165) is 30.3 Å². The highest BCUT2D eigenvalue weighted by molar-refractivity contribution is 5.60. The predicted octanol–water partition coefficient (Wildman–Crippen LogP) is 1.93. The maximum absolute atomic E-state index is 5.61. The number of hydrogen-bond donors (Lipinski definition) is 2. The van der Waals surface area contributed by atoms with E-state index < -0.39 is 0 Å². The highest BCUT2D eigenvalue weighted by Crippen LogP contribution is 2.35. The summed E-state index contributed by atoms with van der Waals surface area (Å²) in [6.45, 7) is 5.50. The SMILES string of the molecule is Cc1cc2c(cc1NCC1CCCN1)OCCO2. The highest BCUT2D eigenvalue weighted by atomic mass is 16.6. The van der Waals surface area contributed by atoms with Gasteiger partial charge in [0.2, 0.25) is 0 Å². The minimum atomic E-state index is 0.595. The molecular weight excluding hydrogens is 228 g/mol. The third kappa shape index (κ3) is 2.38. The van der Waals surface area contributed by atoms with Gasteiger partial charge < -0.3 is 20.1 Å². The summed E-state index contributed by atoms with van der Waals surface area (Å²) in [5.41, 5.74) is 2.35. The molecular formula is C14H20N2O2. The Kier molecular flexibility index (Phi) is 3.28. The van der Waals surface area contributed by atoms with Gasteiger partial charge in [0.15, 0.2) is 11.5 Å². The maximum Gasteiger partial charge on any atom is 0.163 e. The average Bonchev–Trinajstić information content (AvgIpc) is 2.89. The molecule has 0 spiro atoms. The molecule has 2 heterocycles. The Hall–Kier alpha value is -1.42. The fourth-order valence-electron chi connectivity index (χ4n) is 2.54. The van der Waals surface area contributed by atoms with Crippen molar-refractivity contribution in [3.05, 3.63) is 17.7 Å². The fraction of sp³-hybridized carbons (Fsp3) is 0.571. The number of anilines is 1. The first kappa shape index (κ1) is 11.7. The maximum atomic E-state index is 5.61. The zero-order valence-corrected chi connectivity index (χ0v) is 10.8. The molecule has 1 aromatic carbocycles. The molecule has 2 N–H and O–H groups in total. The zero-order chi connectivity index (χ0) is 12.4. The molecule has 1 saturated heterocycles. The molecule has 3 rings (SSSR count). The third-order valence-corrected chi connectivity index (χ3v) is 3.59.